The largest absolute Gasteiger partial charge is 0.339 e. The summed E-state index contributed by atoms with van der Waals surface area (Å²) in [6, 6.07) is 8.07. The monoisotopic (exact) mass is 309 g/mol. The molecule has 4 nitrogen and oxygen atoms in total. The number of nitrogens with two attached hydrogens (primary N) is 1. The van der Waals surface area contributed by atoms with Crippen LogP contribution in [0.1, 0.15) is 37.0 Å². The van der Waals surface area contributed by atoms with E-state index >= 15 is 0 Å². The van der Waals surface area contributed by atoms with Gasteiger partial charge in [-0.2, -0.15) is 4.98 Å². The SMILES string of the molecule is CC(N)C(C)c1nc(Cc2cccc(Br)c2)no1. The molecule has 2 atom stereocenters. The molecule has 2 aromatic rings. The second kappa shape index (κ2) is 5.63. The van der Waals surface area contributed by atoms with Crippen LogP contribution in [-0.4, -0.2) is 16.2 Å². The lowest BCUT2D eigenvalue weighted by molar-refractivity contribution is 0.343. The third-order valence-electron chi connectivity index (χ3n) is 2.91. The van der Waals surface area contributed by atoms with Crippen molar-refractivity contribution in [1.29, 1.82) is 0 Å². The number of rotatable bonds is 4. The summed E-state index contributed by atoms with van der Waals surface area (Å²) < 4.78 is 6.29. The molecule has 0 spiro atoms. The Bertz CT molecular complexity index is 524. The second-order valence-electron chi connectivity index (χ2n) is 4.50. The van der Waals surface area contributed by atoms with Gasteiger partial charge in [-0.15, -0.1) is 0 Å². The van der Waals surface area contributed by atoms with Crippen molar-refractivity contribution in [2.45, 2.75) is 32.2 Å². The van der Waals surface area contributed by atoms with E-state index in [2.05, 4.69) is 26.1 Å². The lowest BCUT2D eigenvalue weighted by Gasteiger charge is -2.09. The molecule has 18 heavy (non-hydrogen) atoms. The fraction of sp³-hybridized carbons (Fsp3) is 0.385. The van der Waals surface area contributed by atoms with E-state index in [0.717, 1.165) is 10.0 Å². The highest BCUT2D eigenvalue weighted by molar-refractivity contribution is 9.10. The van der Waals surface area contributed by atoms with Gasteiger partial charge in [0.2, 0.25) is 5.89 Å². The quantitative estimate of drug-likeness (QED) is 0.943. The van der Waals surface area contributed by atoms with Gasteiger partial charge in [0.15, 0.2) is 5.82 Å². The number of aromatic nitrogens is 2. The van der Waals surface area contributed by atoms with Crippen molar-refractivity contribution in [3.63, 3.8) is 0 Å². The van der Waals surface area contributed by atoms with E-state index in [1.54, 1.807) is 0 Å². The van der Waals surface area contributed by atoms with Gasteiger partial charge in [-0.05, 0) is 24.6 Å². The Balaban J connectivity index is 2.11. The molecule has 0 aliphatic carbocycles. The predicted octanol–water partition coefficient (Wildman–Crippen LogP) is 2.87. The number of hydrogen-bond acceptors (Lipinski definition) is 4. The Labute approximate surface area is 115 Å². The average molecular weight is 310 g/mol. The van der Waals surface area contributed by atoms with Gasteiger partial charge in [0.25, 0.3) is 0 Å². The number of hydrogen-bond donors (Lipinski definition) is 1. The average Bonchev–Trinajstić information content (AvgIpc) is 2.76. The van der Waals surface area contributed by atoms with E-state index < -0.39 is 0 Å². The maximum Gasteiger partial charge on any atom is 0.231 e. The van der Waals surface area contributed by atoms with Crippen LogP contribution in [0.25, 0.3) is 0 Å². The molecule has 96 valence electrons. The van der Waals surface area contributed by atoms with Crippen LogP contribution in [-0.2, 0) is 6.42 Å². The summed E-state index contributed by atoms with van der Waals surface area (Å²) in [5, 5.41) is 3.99. The molecular weight excluding hydrogens is 294 g/mol. The first-order valence-electron chi connectivity index (χ1n) is 5.89. The van der Waals surface area contributed by atoms with Crippen molar-refractivity contribution in [2.24, 2.45) is 5.73 Å². The molecular formula is C13H16BrN3O. The van der Waals surface area contributed by atoms with Gasteiger partial charge in [-0.25, -0.2) is 0 Å². The molecule has 0 fully saturated rings. The van der Waals surface area contributed by atoms with Crippen LogP contribution < -0.4 is 5.73 Å². The van der Waals surface area contributed by atoms with Crippen LogP contribution in [0.2, 0.25) is 0 Å². The number of halogens is 1. The third-order valence-corrected chi connectivity index (χ3v) is 3.41. The zero-order valence-corrected chi connectivity index (χ0v) is 12.0. The van der Waals surface area contributed by atoms with E-state index in [0.29, 0.717) is 18.1 Å². The minimum Gasteiger partial charge on any atom is -0.339 e. The van der Waals surface area contributed by atoms with Gasteiger partial charge < -0.3 is 10.3 Å². The highest BCUT2D eigenvalue weighted by atomic mass is 79.9. The topological polar surface area (TPSA) is 64.9 Å². The zero-order valence-electron chi connectivity index (χ0n) is 10.4. The molecule has 0 aliphatic rings. The molecule has 5 heteroatoms. The minimum atomic E-state index is 0.00386. The Kier molecular flexibility index (Phi) is 4.14. The summed E-state index contributed by atoms with van der Waals surface area (Å²) in [7, 11) is 0. The van der Waals surface area contributed by atoms with Crippen LogP contribution in [0.15, 0.2) is 33.3 Å². The molecule has 1 aromatic carbocycles. The van der Waals surface area contributed by atoms with E-state index in [4.69, 9.17) is 10.3 Å². The maximum absolute atomic E-state index is 5.82. The van der Waals surface area contributed by atoms with Crippen molar-refractivity contribution >= 4 is 15.9 Å². The van der Waals surface area contributed by atoms with E-state index in [9.17, 15) is 0 Å². The fourth-order valence-electron chi connectivity index (χ4n) is 1.58. The lowest BCUT2D eigenvalue weighted by atomic mass is 10.1. The Morgan fingerprint density at radius 2 is 2.17 bits per heavy atom. The third kappa shape index (κ3) is 3.17. The molecule has 0 saturated carbocycles. The van der Waals surface area contributed by atoms with Crippen molar-refractivity contribution in [2.75, 3.05) is 0 Å². The van der Waals surface area contributed by atoms with E-state index in [-0.39, 0.29) is 12.0 Å². The Hall–Kier alpha value is -1.20. The highest BCUT2D eigenvalue weighted by Gasteiger charge is 2.17. The molecule has 2 N–H and O–H groups in total. The standard InChI is InChI=1S/C13H16BrN3O/c1-8(9(2)15)13-16-12(17-18-13)7-10-4-3-5-11(14)6-10/h3-6,8-9H,7,15H2,1-2H3. The second-order valence-corrected chi connectivity index (χ2v) is 5.42. The number of nitrogens with zero attached hydrogens (tertiary/aromatic N) is 2. The van der Waals surface area contributed by atoms with Gasteiger partial charge >= 0.3 is 0 Å². The van der Waals surface area contributed by atoms with Gasteiger partial charge in [-0.3, -0.25) is 0 Å². The van der Waals surface area contributed by atoms with Crippen molar-refractivity contribution in [1.82, 2.24) is 10.1 Å². The maximum atomic E-state index is 5.82. The van der Waals surface area contributed by atoms with E-state index in [1.807, 2.05) is 38.1 Å². The van der Waals surface area contributed by atoms with Crippen LogP contribution in [0, 0.1) is 0 Å². The molecule has 2 unspecified atom stereocenters. The molecule has 1 heterocycles. The van der Waals surface area contributed by atoms with Crippen molar-refractivity contribution < 1.29 is 4.52 Å². The van der Waals surface area contributed by atoms with Crippen LogP contribution in [0.4, 0.5) is 0 Å². The molecule has 0 bridgehead atoms. The smallest absolute Gasteiger partial charge is 0.231 e. The summed E-state index contributed by atoms with van der Waals surface area (Å²) in [4.78, 5) is 4.38. The molecule has 0 radical (unpaired) electrons. The minimum absolute atomic E-state index is 0.00386. The van der Waals surface area contributed by atoms with Gasteiger partial charge in [0.1, 0.15) is 0 Å². The first-order chi connectivity index (χ1) is 8.56. The molecule has 0 amide bonds. The summed E-state index contributed by atoms with van der Waals surface area (Å²) in [5.41, 5.74) is 6.96. The van der Waals surface area contributed by atoms with Gasteiger partial charge in [-0.1, -0.05) is 40.1 Å². The summed E-state index contributed by atoms with van der Waals surface area (Å²) in [6.45, 7) is 3.92. The number of benzene rings is 1. The zero-order chi connectivity index (χ0) is 13.1. The van der Waals surface area contributed by atoms with Crippen LogP contribution in [0.3, 0.4) is 0 Å². The summed E-state index contributed by atoms with van der Waals surface area (Å²) in [6.07, 6.45) is 0.661. The summed E-state index contributed by atoms with van der Waals surface area (Å²) in [5.74, 6) is 1.37. The van der Waals surface area contributed by atoms with Crippen LogP contribution in [0.5, 0.6) is 0 Å². The van der Waals surface area contributed by atoms with Crippen LogP contribution >= 0.6 is 15.9 Å². The normalized spacial score (nSPS) is 14.4. The Morgan fingerprint density at radius 3 is 2.83 bits per heavy atom. The van der Waals surface area contributed by atoms with Gasteiger partial charge in [0, 0.05) is 16.9 Å². The lowest BCUT2D eigenvalue weighted by Crippen LogP contribution is -2.22. The first kappa shape index (κ1) is 13.2. The molecule has 0 aliphatic heterocycles. The predicted molar refractivity (Wildman–Crippen MR) is 73.3 cm³/mol. The summed E-state index contributed by atoms with van der Waals surface area (Å²) >= 11 is 3.44. The van der Waals surface area contributed by atoms with E-state index in [1.165, 1.54) is 0 Å². The first-order valence-corrected chi connectivity index (χ1v) is 6.68. The fourth-order valence-corrected chi connectivity index (χ4v) is 2.03. The van der Waals surface area contributed by atoms with Crippen molar-refractivity contribution in [3.8, 4) is 0 Å². The molecule has 0 saturated heterocycles. The van der Waals surface area contributed by atoms with Gasteiger partial charge in [0.05, 0.1) is 5.92 Å². The highest BCUT2D eigenvalue weighted by Crippen LogP contribution is 2.18. The molecule has 1 aromatic heterocycles. The van der Waals surface area contributed by atoms with Crippen molar-refractivity contribution in [3.05, 3.63) is 46.0 Å². The molecule has 2 rings (SSSR count). The Morgan fingerprint density at radius 1 is 1.39 bits per heavy atom.